The Morgan fingerprint density at radius 2 is 2.00 bits per heavy atom. The van der Waals surface area contributed by atoms with E-state index < -0.39 is 0 Å². The Labute approximate surface area is 101 Å². The molecule has 1 aromatic rings. The summed E-state index contributed by atoms with van der Waals surface area (Å²) in [6.07, 6.45) is 2.32. The van der Waals surface area contributed by atoms with Crippen LogP contribution < -0.4 is 5.73 Å². The Morgan fingerprint density at radius 1 is 1.38 bits per heavy atom. The van der Waals surface area contributed by atoms with Crippen LogP contribution in [0.5, 0.6) is 0 Å². The average molecular weight is 235 g/mol. The molecular formula is C12H17N3S. The first-order valence-corrected chi connectivity index (χ1v) is 6.77. The van der Waals surface area contributed by atoms with E-state index in [1.165, 1.54) is 11.5 Å². The SMILES string of the molecule is Cc1c(C#N)c(N)n(C2CCSCC2)c1C. The van der Waals surface area contributed by atoms with Crippen LogP contribution in [0.1, 0.15) is 35.7 Å². The summed E-state index contributed by atoms with van der Waals surface area (Å²) in [6.45, 7) is 4.05. The lowest BCUT2D eigenvalue weighted by molar-refractivity contribution is 0.468. The molecule has 1 saturated heterocycles. The van der Waals surface area contributed by atoms with Gasteiger partial charge in [-0.1, -0.05) is 0 Å². The van der Waals surface area contributed by atoms with Crippen molar-refractivity contribution < 1.29 is 0 Å². The van der Waals surface area contributed by atoms with Gasteiger partial charge < -0.3 is 10.3 Å². The van der Waals surface area contributed by atoms with Gasteiger partial charge in [0.1, 0.15) is 11.9 Å². The van der Waals surface area contributed by atoms with Crippen LogP contribution in [0.3, 0.4) is 0 Å². The number of aromatic nitrogens is 1. The number of anilines is 1. The highest BCUT2D eigenvalue weighted by molar-refractivity contribution is 7.99. The summed E-state index contributed by atoms with van der Waals surface area (Å²) >= 11 is 2.00. The smallest absolute Gasteiger partial charge is 0.122 e. The molecule has 0 bridgehead atoms. The zero-order valence-corrected chi connectivity index (χ0v) is 10.6. The molecule has 0 atom stereocenters. The first-order chi connectivity index (χ1) is 7.66. The van der Waals surface area contributed by atoms with Crippen LogP contribution in [0.25, 0.3) is 0 Å². The van der Waals surface area contributed by atoms with Gasteiger partial charge in [-0.25, -0.2) is 0 Å². The van der Waals surface area contributed by atoms with Gasteiger partial charge in [0.15, 0.2) is 0 Å². The molecule has 0 radical (unpaired) electrons. The van der Waals surface area contributed by atoms with Crippen LogP contribution in [0, 0.1) is 25.2 Å². The molecule has 2 heterocycles. The van der Waals surface area contributed by atoms with Gasteiger partial charge in [-0.2, -0.15) is 17.0 Å². The maximum atomic E-state index is 9.09. The summed E-state index contributed by atoms with van der Waals surface area (Å²) in [7, 11) is 0. The van der Waals surface area contributed by atoms with Gasteiger partial charge in [-0.15, -0.1) is 0 Å². The van der Waals surface area contributed by atoms with Crippen molar-refractivity contribution in [3.8, 4) is 6.07 Å². The second kappa shape index (κ2) is 4.42. The van der Waals surface area contributed by atoms with E-state index in [0.29, 0.717) is 17.4 Å². The first kappa shape index (κ1) is 11.4. The molecule has 0 aromatic carbocycles. The molecule has 1 aliphatic heterocycles. The van der Waals surface area contributed by atoms with E-state index in [-0.39, 0.29) is 0 Å². The van der Waals surface area contributed by atoms with Crippen molar-refractivity contribution in [2.75, 3.05) is 17.2 Å². The van der Waals surface area contributed by atoms with Gasteiger partial charge in [0.25, 0.3) is 0 Å². The summed E-state index contributed by atoms with van der Waals surface area (Å²) < 4.78 is 2.17. The van der Waals surface area contributed by atoms with Gasteiger partial charge in [-0.3, -0.25) is 0 Å². The van der Waals surface area contributed by atoms with Crippen LogP contribution in [0.15, 0.2) is 0 Å². The molecule has 1 aliphatic rings. The van der Waals surface area contributed by atoms with Gasteiger partial charge in [0.2, 0.25) is 0 Å². The number of nitriles is 1. The molecule has 1 fully saturated rings. The third-order valence-corrected chi connectivity index (χ3v) is 4.51. The molecule has 1 aromatic heterocycles. The topological polar surface area (TPSA) is 54.7 Å². The van der Waals surface area contributed by atoms with Gasteiger partial charge in [-0.05, 0) is 43.8 Å². The third kappa shape index (κ3) is 1.69. The average Bonchev–Trinajstić information content (AvgIpc) is 2.51. The van der Waals surface area contributed by atoms with E-state index in [1.54, 1.807) is 0 Å². The quantitative estimate of drug-likeness (QED) is 0.814. The number of hydrogen-bond donors (Lipinski definition) is 1. The minimum atomic E-state index is 0.488. The van der Waals surface area contributed by atoms with Crippen LogP contribution in [0.4, 0.5) is 5.82 Å². The Hall–Kier alpha value is -1.08. The molecular weight excluding hydrogens is 218 g/mol. The first-order valence-electron chi connectivity index (χ1n) is 5.61. The maximum Gasteiger partial charge on any atom is 0.122 e. The van der Waals surface area contributed by atoms with Gasteiger partial charge in [0.05, 0.1) is 5.56 Å². The molecule has 2 rings (SSSR count). The standard InChI is InChI=1S/C12H17N3S/c1-8-9(2)15(12(14)11(8)7-13)10-3-5-16-6-4-10/h10H,3-6,14H2,1-2H3. The molecule has 0 saturated carbocycles. The highest BCUT2D eigenvalue weighted by Crippen LogP contribution is 2.34. The summed E-state index contributed by atoms with van der Waals surface area (Å²) in [5, 5.41) is 9.09. The Balaban J connectivity index is 2.44. The molecule has 86 valence electrons. The van der Waals surface area contributed by atoms with Crippen molar-refractivity contribution in [3.05, 3.63) is 16.8 Å². The molecule has 16 heavy (non-hydrogen) atoms. The van der Waals surface area contributed by atoms with Gasteiger partial charge >= 0.3 is 0 Å². The van der Waals surface area contributed by atoms with Crippen molar-refractivity contribution in [1.29, 1.82) is 5.26 Å². The second-order valence-electron chi connectivity index (χ2n) is 4.30. The molecule has 0 spiro atoms. The minimum Gasteiger partial charge on any atom is -0.384 e. The summed E-state index contributed by atoms with van der Waals surface area (Å²) in [5.74, 6) is 3.06. The lowest BCUT2D eigenvalue weighted by Gasteiger charge is -2.25. The molecule has 0 unspecified atom stereocenters. The molecule has 3 nitrogen and oxygen atoms in total. The highest BCUT2D eigenvalue weighted by atomic mass is 32.2. The normalized spacial score (nSPS) is 17.3. The number of thioether (sulfide) groups is 1. The monoisotopic (exact) mass is 235 g/mol. The highest BCUT2D eigenvalue weighted by Gasteiger charge is 2.23. The summed E-state index contributed by atoms with van der Waals surface area (Å²) in [4.78, 5) is 0. The zero-order chi connectivity index (χ0) is 11.7. The van der Waals surface area contributed by atoms with Crippen molar-refractivity contribution in [2.45, 2.75) is 32.7 Å². The maximum absolute atomic E-state index is 9.09. The zero-order valence-electron chi connectivity index (χ0n) is 9.79. The van der Waals surface area contributed by atoms with E-state index in [1.807, 2.05) is 18.7 Å². The predicted octanol–water partition coefficient (Wildman–Crippen LogP) is 2.63. The van der Waals surface area contributed by atoms with Crippen molar-refractivity contribution in [1.82, 2.24) is 4.57 Å². The number of nitrogens with two attached hydrogens (primary N) is 1. The lowest BCUT2D eigenvalue weighted by atomic mass is 10.1. The number of nitrogen functional groups attached to an aromatic ring is 1. The number of nitrogens with zero attached hydrogens (tertiary/aromatic N) is 2. The molecule has 4 heteroatoms. The Bertz CT molecular complexity index is 436. The number of hydrogen-bond acceptors (Lipinski definition) is 3. The van der Waals surface area contributed by atoms with Gasteiger partial charge in [0, 0.05) is 11.7 Å². The van der Waals surface area contributed by atoms with E-state index in [2.05, 4.69) is 17.6 Å². The fourth-order valence-corrected chi connectivity index (χ4v) is 3.49. The van der Waals surface area contributed by atoms with Crippen molar-refractivity contribution in [2.24, 2.45) is 0 Å². The van der Waals surface area contributed by atoms with Crippen LogP contribution in [0.2, 0.25) is 0 Å². The van der Waals surface area contributed by atoms with E-state index in [0.717, 1.165) is 24.1 Å². The minimum absolute atomic E-state index is 0.488. The van der Waals surface area contributed by atoms with Crippen molar-refractivity contribution in [3.63, 3.8) is 0 Å². The van der Waals surface area contributed by atoms with E-state index >= 15 is 0 Å². The summed E-state index contributed by atoms with van der Waals surface area (Å²) in [5.41, 5.74) is 8.94. The largest absolute Gasteiger partial charge is 0.384 e. The summed E-state index contributed by atoms with van der Waals surface area (Å²) in [6, 6.07) is 2.70. The Kier molecular flexibility index (Phi) is 3.15. The Morgan fingerprint density at radius 3 is 2.50 bits per heavy atom. The van der Waals surface area contributed by atoms with E-state index in [4.69, 9.17) is 11.0 Å². The lowest BCUT2D eigenvalue weighted by Crippen LogP contribution is -2.18. The van der Waals surface area contributed by atoms with Crippen LogP contribution in [-0.4, -0.2) is 16.1 Å². The third-order valence-electron chi connectivity index (χ3n) is 3.46. The van der Waals surface area contributed by atoms with Crippen LogP contribution >= 0.6 is 11.8 Å². The second-order valence-corrected chi connectivity index (χ2v) is 5.52. The number of rotatable bonds is 1. The fraction of sp³-hybridized carbons (Fsp3) is 0.583. The fourth-order valence-electron chi connectivity index (χ4n) is 2.41. The van der Waals surface area contributed by atoms with E-state index in [9.17, 15) is 0 Å². The molecule has 0 amide bonds. The molecule has 0 aliphatic carbocycles. The van der Waals surface area contributed by atoms with Crippen molar-refractivity contribution >= 4 is 17.6 Å². The van der Waals surface area contributed by atoms with Crippen LogP contribution in [-0.2, 0) is 0 Å². The molecule has 2 N–H and O–H groups in total. The predicted molar refractivity (Wildman–Crippen MR) is 68.6 cm³/mol.